The Morgan fingerprint density at radius 3 is 2.32 bits per heavy atom. The van der Waals surface area contributed by atoms with Crippen LogP contribution in [0, 0.1) is 11.8 Å². The molecule has 1 heterocycles. The maximum atomic E-state index is 12.5. The molecule has 0 saturated carbocycles. The summed E-state index contributed by atoms with van der Waals surface area (Å²) < 4.78 is 0. The van der Waals surface area contributed by atoms with Crippen LogP contribution in [0.25, 0.3) is 6.08 Å². The number of carbonyl (C=O) groups excluding carboxylic acids is 1. The minimum atomic E-state index is 0.183. The van der Waals surface area contributed by atoms with Crippen molar-refractivity contribution < 1.29 is 4.79 Å². The standard InChI is InChI=1S/C17H23NO/c1-13-9-14(2)12-18(11-13)17(19)15(3)10-16-7-5-4-6-8-16/h4-8,10,13-14H,9,11-12H2,1-3H3/b15-10+/t13-,14+. The van der Waals surface area contributed by atoms with Gasteiger partial charge in [0.1, 0.15) is 0 Å². The van der Waals surface area contributed by atoms with E-state index >= 15 is 0 Å². The molecule has 102 valence electrons. The average Bonchev–Trinajstić information content (AvgIpc) is 2.37. The van der Waals surface area contributed by atoms with Crippen LogP contribution < -0.4 is 0 Å². The maximum absolute atomic E-state index is 12.5. The summed E-state index contributed by atoms with van der Waals surface area (Å²) in [6.45, 7) is 8.16. The first kappa shape index (κ1) is 13.9. The zero-order chi connectivity index (χ0) is 13.8. The molecule has 1 amide bonds. The van der Waals surface area contributed by atoms with Crippen molar-refractivity contribution in [2.75, 3.05) is 13.1 Å². The van der Waals surface area contributed by atoms with Gasteiger partial charge in [-0.2, -0.15) is 0 Å². The fourth-order valence-corrected chi connectivity index (χ4v) is 2.94. The highest BCUT2D eigenvalue weighted by atomic mass is 16.2. The fourth-order valence-electron chi connectivity index (χ4n) is 2.94. The maximum Gasteiger partial charge on any atom is 0.249 e. The Kier molecular flexibility index (Phi) is 4.41. The van der Waals surface area contributed by atoms with Gasteiger partial charge in [-0.05, 0) is 36.8 Å². The van der Waals surface area contributed by atoms with E-state index in [9.17, 15) is 4.79 Å². The molecule has 2 heteroatoms. The second kappa shape index (κ2) is 6.05. The van der Waals surface area contributed by atoms with E-state index in [1.54, 1.807) is 0 Å². The Labute approximate surface area is 116 Å². The number of amides is 1. The first-order valence-corrected chi connectivity index (χ1v) is 7.09. The number of likely N-dealkylation sites (tertiary alicyclic amines) is 1. The van der Waals surface area contributed by atoms with Gasteiger partial charge in [-0.15, -0.1) is 0 Å². The molecule has 2 rings (SSSR count). The Balaban J connectivity index is 2.09. The van der Waals surface area contributed by atoms with Gasteiger partial charge < -0.3 is 4.90 Å². The topological polar surface area (TPSA) is 20.3 Å². The lowest BCUT2D eigenvalue weighted by atomic mass is 9.91. The Bertz CT molecular complexity index is 453. The van der Waals surface area contributed by atoms with Gasteiger partial charge in [-0.25, -0.2) is 0 Å². The highest BCUT2D eigenvalue weighted by Gasteiger charge is 2.25. The molecule has 1 saturated heterocycles. The summed E-state index contributed by atoms with van der Waals surface area (Å²) in [6.07, 6.45) is 3.21. The van der Waals surface area contributed by atoms with E-state index in [1.807, 2.05) is 48.2 Å². The molecule has 0 radical (unpaired) electrons. The minimum absolute atomic E-state index is 0.183. The van der Waals surface area contributed by atoms with E-state index in [1.165, 1.54) is 6.42 Å². The molecule has 2 nitrogen and oxygen atoms in total. The van der Waals surface area contributed by atoms with Crippen molar-refractivity contribution in [1.82, 2.24) is 4.90 Å². The molecule has 0 spiro atoms. The molecule has 1 fully saturated rings. The molecule has 0 aromatic heterocycles. The van der Waals surface area contributed by atoms with Gasteiger partial charge in [-0.3, -0.25) is 4.79 Å². The van der Waals surface area contributed by atoms with Crippen LogP contribution in [0.4, 0.5) is 0 Å². The Morgan fingerprint density at radius 2 is 1.74 bits per heavy atom. The predicted molar refractivity (Wildman–Crippen MR) is 79.6 cm³/mol. The second-order valence-electron chi connectivity index (χ2n) is 5.89. The molecule has 2 atom stereocenters. The smallest absolute Gasteiger partial charge is 0.249 e. The van der Waals surface area contributed by atoms with Crippen LogP contribution in [0.3, 0.4) is 0 Å². The summed E-state index contributed by atoms with van der Waals surface area (Å²) in [7, 11) is 0. The molecule has 19 heavy (non-hydrogen) atoms. The zero-order valence-electron chi connectivity index (χ0n) is 12.1. The molecule has 0 N–H and O–H groups in total. The van der Waals surface area contributed by atoms with E-state index in [2.05, 4.69) is 13.8 Å². The summed E-state index contributed by atoms with van der Waals surface area (Å²) >= 11 is 0. The second-order valence-corrected chi connectivity index (χ2v) is 5.89. The SMILES string of the molecule is C/C(=C\c1ccccc1)C(=O)N1C[C@H](C)C[C@H](C)C1. The highest BCUT2D eigenvalue weighted by molar-refractivity contribution is 5.97. The van der Waals surface area contributed by atoms with Crippen molar-refractivity contribution >= 4 is 12.0 Å². The lowest BCUT2D eigenvalue weighted by Gasteiger charge is -2.35. The molecular weight excluding hydrogens is 234 g/mol. The summed E-state index contributed by atoms with van der Waals surface area (Å²) in [5, 5.41) is 0. The first-order valence-electron chi connectivity index (χ1n) is 7.09. The van der Waals surface area contributed by atoms with Crippen LogP contribution in [0.15, 0.2) is 35.9 Å². The quantitative estimate of drug-likeness (QED) is 0.741. The lowest BCUT2D eigenvalue weighted by molar-refractivity contribution is -0.129. The summed E-state index contributed by atoms with van der Waals surface area (Å²) in [5.41, 5.74) is 1.92. The van der Waals surface area contributed by atoms with Gasteiger partial charge in [0, 0.05) is 18.7 Å². The van der Waals surface area contributed by atoms with Crippen molar-refractivity contribution in [3.63, 3.8) is 0 Å². The molecule has 0 bridgehead atoms. The van der Waals surface area contributed by atoms with Crippen molar-refractivity contribution in [3.8, 4) is 0 Å². The van der Waals surface area contributed by atoms with Crippen LogP contribution in [0.5, 0.6) is 0 Å². The van der Waals surface area contributed by atoms with Gasteiger partial charge in [-0.1, -0.05) is 44.2 Å². The number of nitrogens with zero attached hydrogens (tertiary/aromatic N) is 1. The number of benzene rings is 1. The Hall–Kier alpha value is -1.57. The fraction of sp³-hybridized carbons (Fsp3) is 0.471. The molecule has 1 aromatic rings. The van der Waals surface area contributed by atoms with Gasteiger partial charge in [0.25, 0.3) is 0 Å². The number of carbonyl (C=O) groups is 1. The van der Waals surface area contributed by atoms with Crippen LogP contribution in [-0.2, 0) is 4.79 Å². The number of piperidine rings is 1. The van der Waals surface area contributed by atoms with Crippen LogP contribution in [0.1, 0.15) is 32.8 Å². The van der Waals surface area contributed by atoms with E-state index in [4.69, 9.17) is 0 Å². The van der Waals surface area contributed by atoms with Crippen LogP contribution in [0.2, 0.25) is 0 Å². The molecule has 0 unspecified atom stereocenters. The third kappa shape index (κ3) is 3.69. The van der Waals surface area contributed by atoms with E-state index in [0.29, 0.717) is 11.8 Å². The molecule has 1 aliphatic heterocycles. The zero-order valence-corrected chi connectivity index (χ0v) is 12.1. The lowest BCUT2D eigenvalue weighted by Crippen LogP contribution is -2.42. The summed E-state index contributed by atoms with van der Waals surface area (Å²) in [4.78, 5) is 14.5. The van der Waals surface area contributed by atoms with Gasteiger partial charge in [0.2, 0.25) is 5.91 Å². The van der Waals surface area contributed by atoms with Crippen molar-refractivity contribution in [3.05, 3.63) is 41.5 Å². The summed E-state index contributed by atoms with van der Waals surface area (Å²) in [6, 6.07) is 10.0. The number of rotatable bonds is 2. The van der Waals surface area contributed by atoms with Crippen molar-refractivity contribution in [2.45, 2.75) is 27.2 Å². The third-order valence-corrected chi connectivity index (χ3v) is 3.68. The van der Waals surface area contributed by atoms with Crippen molar-refractivity contribution in [1.29, 1.82) is 0 Å². The van der Waals surface area contributed by atoms with E-state index in [-0.39, 0.29) is 5.91 Å². The minimum Gasteiger partial charge on any atom is -0.338 e. The van der Waals surface area contributed by atoms with Gasteiger partial charge in [0.15, 0.2) is 0 Å². The summed E-state index contributed by atoms with van der Waals surface area (Å²) in [5.74, 6) is 1.40. The first-order chi connectivity index (χ1) is 9.06. The van der Waals surface area contributed by atoms with Gasteiger partial charge >= 0.3 is 0 Å². The van der Waals surface area contributed by atoms with Crippen LogP contribution >= 0.6 is 0 Å². The largest absolute Gasteiger partial charge is 0.338 e. The molecule has 1 aromatic carbocycles. The van der Waals surface area contributed by atoms with Gasteiger partial charge in [0.05, 0.1) is 0 Å². The molecule has 0 aliphatic carbocycles. The third-order valence-electron chi connectivity index (χ3n) is 3.68. The predicted octanol–water partition coefficient (Wildman–Crippen LogP) is 3.59. The Morgan fingerprint density at radius 1 is 1.16 bits per heavy atom. The number of hydrogen-bond donors (Lipinski definition) is 0. The molecular formula is C17H23NO. The van der Waals surface area contributed by atoms with Crippen LogP contribution in [-0.4, -0.2) is 23.9 Å². The van der Waals surface area contributed by atoms with Crippen molar-refractivity contribution in [2.24, 2.45) is 11.8 Å². The number of hydrogen-bond acceptors (Lipinski definition) is 1. The average molecular weight is 257 g/mol. The van der Waals surface area contributed by atoms with E-state index in [0.717, 1.165) is 24.2 Å². The normalized spacial score (nSPS) is 24.4. The monoisotopic (exact) mass is 257 g/mol. The van der Waals surface area contributed by atoms with E-state index < -0.39 is 0 Å². The highest BCUT2D eigenvalue weighted by Crippen LogP contribution is 2.22. The molecule has 1 aliphatic rings.